The average Bonchev–Trinajstić information content (AvgIpc) is 2.66. The number of hydrogen-bond acceptors (Lipinski definition) is 4. The largest absolute Gasteiger partial charge is 0.377 e. The SMILES string of the molecule is N[C@@H]1CCN(S(=O)(=O)CC2CCCCO2)C1. The molecular formula is C10H20N2O3S. The topological polar surface area (TPSA) is 72.6 Å². The van der Waals surface area contributed by atoms with Crippen molar-refractivity contribution in [3.05, 3.63) is 0 Å². The summed E-state index contributed by atoms with van der Waals surface area (Å²) in [6, 6.07) is 0.00190. The Balaban J connectivity index is 1.91. The zero-order valence-electron chi connectivity index (χ0n) is 9.47. The molecule has 0 bridgehead atoms. The van der Waals surface area contributed by atoms with Crippen molar-refractivity contribution in [2.45, 2.75) is 37.8 Å². The zero-order valence-corrected chi connectivity index (χ0v) is 10.3. The molecule has 2 rings (SSSR count). The predicted molar refractivity (Wildman–Crippen MR) is 61.5 cm³/mol. The van der Waals surface area contributed by atoms with Crippen molar-refractivity contribution in [2.24, 2.45) is 5.73 Å². The maximum absolute atomic E-state index is 12.0. The molecule has 0 aliphatic carbocycles. The molecule has 0 saturated carbocycles. The molecule has 2 heterocycles. The molecule has 0 aromatic heterocycles. The van der Waals surface area contributed by atoms with Crippen LogP contribution in [-0.2, 0) is 14.8 Å². The number of rotatable bonds is 3. The smallest absolute Gasteiger partial charge is 0.216 e. The lowest BCUT2D eigenvalue weighted by Crippen LogP contribution is -2.38. The van der Waals surface area contributed by atoms with Crippen molar-refractivity contribution in [2.75, 3.05) is 25.4 Å². The summed E-state index contributed by atoms with van der Waals surface area (Å²) in [6.45, 7) is 1.73. The van der Waals surface area contributed by atoms with Crippen LogP contribution in [0.2, 0.25) is 0 Å². The van der Waals surface area contributed by atoms with E-state index in [0.29, 0.717) is 19.7 Å². The lowest BCUT2D eigenvalue weighted by atomic mass is 10.1. The summed E-state index contributed by atoms with van der Waals surface area (Å²) in [7, 11) is -3.16. The highest BCUT2D eigenvalue weighted by atomic mass is 32.2. The maximum atomic E-state index is 12.0. The lowest BCUT2D eigenvalue weighted by Gasteiger charge is -2.25. The van der Waals surface area contributed by atoms with Gasteiger partial charge in [0, 0.05) is 25.7 Å². The van der Waals surface area contributed by atoms with Crippen molar-refractivity contribution in [1.82, 2.24) is 4.31 Å². The van der Waals surface area contributed by atoms with E-state index in [4.69, 9.17) is 10.5 Å². The van der Waals surface area contributed by atoms with E-state index in [9.17, 15) is 8.42 Å². The first-order chi connectivity index (χ1) is 7.58. The molecule has 94 valence electrons. The highest BCUT2D eigenvalue weighted by Gasteiger charge is 2.32. The Labute approximate surface area is 97.0 Å². The Kier molecular flexibility index (Phi) is 3.84. The molecule has 6 heteroatoms. The van der Waals surface area contributed by atoms with Crippen LogP contribution >= 0.6 is 0 Å². The third-order valence-electron chi connectivity index (χ3n) is 3.25. The molecule has 2 atom stereocenters. The standard InChI is InChI=1S/C10H20N2O3S/c11-9-4-5-12(7-9)16(13,14)8-10-3-1-2-6-15-10/h9-10H,1-8,11H2/t9-,10?/m1/s1. The van der Waals surface area contributed by atoms with E-state index in [0.717, 1.165) is 25.7 Å². The summed E-state index contributed by atoms with van der Waals surface area (Å²) < 4.78 is 31.0. The van der Waals surface area contributed by atoms with Gasteiger partial charge in [-0.25, -0.2) is 12.7 Å². The third-order valence-corrected chi connectivity index (χ3v) is 5.16. The van der Waals surface area contributed by atoms with Gasteiger partial charge in [-0.1, -0.05) is 0 Å². The van der Waals surface area contributed by atoms with Crippen LogP contribution in [0.3, 0.4) is 0 Å². The molecule has 0 amide bonds. The van der Waals surface area contributed by atoms with Crippen LogP contribution in [0.1, 0.15) is 25.7 Å². The summed E-state index contributed by atoms with van der Waals surface area (Å²) in [5.74, 6) is 0.125. The maximum Gasteiger partial charge on any atom is 0.216 e. The molecule has 1 unspecified atom stereocenters. The first-order valence-corrected chi connectivity index (χ1v) is 7.54. The van der Waals surface area contributed by atoms with Gasteiger partial charge in [-0.3, -0.25) is 0 Å². The van der Waals surface area contributed by atoms with Crippen molar-refractivity contribution < 1.29 is 13.2 Å². The highest BCUT2D eigenvalue weighted by Crippen LogP contribution is 2.18. The molecule has 16 heavy (non-hydrogen) atoms. The minimum atomic E-state index is -3.16. The average molecular weight is 248 g/mol. The Hall–Kier alpha value is -0.170. The van der Waals surface area contributed by atoms with Crippen LogP contribution in [0.25, 0.3) is 0 Å². The van der Waals surface area contributed by atoms with E-state index in [2.05, 4.69) is 0 Å². The normalized spacial score (nSPS) is 33.1. The van der Waals surface area contributed by atoms with Crippen molar-refractivity contribution in [3.63, 3.8) is 0 Å². The summed E-state index contributed by atoms with van der Waals surface area (Å²) in [5, 5.41) is 0. The molecule has 0 radical (unpaired) electrons. The van der Waals surface area contributed by atoms with Gasteiger partial charge in [-0.15, -0.1) is 0 Å². The molecule has 2 aliphatic heterocycles. The summed E-state index contributed by atoms with van der Waals surface area (Å²) in [6.07, 6.45) is 3.63. The molecule has 2 saturated heterocycles. The first-order valence-electron chi connectivity index (χ1n) is 5.93. The highest BCUT2D eigenvalue weighted by molar-refractivity contribution is 7.89. The first kappa shape index (κ1) is 12.3. The van der Waals surface area contributed by atoms with Gasteiger partial charge >= 0.3 is 0 Å². The zero-order chi connectivity index (χ0) is 11.6. The van der Waals surface area contributed by atoms with Gasteiger partial charge in [0.25, 0.3) is 0 Å². The van der Waals surface area contributed by atoms with Crippen LogP contribution in [0, 0.1) is 0 Å². The number of nitrogens with two attached hydrogens (primary N) is 1. The predicted octanol–water partition coefficient (Wildman–Crippen LogP) is -0.0817. The fraction of sp³-hybridized carbons (Fsp3) is 1.00. The molecule has 2 aliphatic rings. The fourth-order valence-corrected chi connectivity index (χ4v) is 4.03. The Morgan fingerprint density at radius 2 is 2.12 bits per heavy atom. The van der Waals surface area contributed by atoms with Gasteiger partial charge in [0.15, 0.2) is 0 Å². The lowest BCUT2D eigenvalue weighted by molar-refractivity contribution is 0.0299. The molecule has 2 fully saturated rings. The number of hydrogen-bond donors (Lipinski definition) is 1. The third kappa shape index (κ3) is 2.94. The molecular weight excluding hydrogens is 228 g/mol. The van der Waals surface area contributed by atoms with Crippen LogP contribution in [-0.4, -0.2) is 50.3 Å². The summed E-state index contributed by atoms with van der Waals surface area (Å²) in [4.78, 5) is 0. The van der Waals surface area contributed by atoms with Crippen molar-refractivity contribution in [3.8, 4) is 0 Å². The van der Waals surface area contributed by atoms with E-state index in [1.807, 2.05) is 0 Å². The molecule has 0 spiro atoms. The summed E-state index contributed by atoms with van der Waals surface area (Å²) in [5.41, 5.74) is 5.72. The quantitative estimate of drug-likeness (QED) is 0.758. The van der Waals surface area contributed by atoms with Gasteiger partial charge < -0.3 is 10.5 Å². The minimum Gasteiger partial charge on any atom is -0.377 e. The molecule has 2 N–H and O–H groups in total. The van der Waals surface area contributed by atoms with E-state index >= 15 is 0 Å². The van der Waals surface area contributed by atoms with Crippen molar-refractivity contribution in [1.29, 1.82) is 0 Å². The van der Waals surface area contributed by atoms with E-state index < -0.39 is 10.0 Å². The fourth-order valence-electron chi connectivity index (χ4n) is 2.29. The molecule has 0 aromatic rings. The Morgan fingerprint density at radius 3 is 2.69 bits per heavy atom. The monoisotopic (exact) mass is 248 g/mol. The molecule has 0 aromatic carbocycles. The van der Waals surface area contributed by atoms with E-state index in [-0.39, 0.29) is 17.9 Å². The summed E-state index contributed by atoms with van der Waals surface area (Å²) >= 11 is 0. The van der Waals surface area contributed by atoms with Crippen LogP contribution in [0.5, 0.6) is 0 Å². The van der Waals surface area contributed by atoms with Gasteiger partial charge in [0.2, 0.25) is 10.0 Å². The second-order valence-electron chi connectivity index (χ2n) is 4.67. The van der Waals surface area contributed by atoms with Crippen molar-refractivity contribution >= 4 is 10.0 Å². The number of ether oxygens (including phenoxy) is 1. The number of sulfonamides is 1. The van der Waals surface area contributed by atoms with Gasteiger partial charge in [0.1, 0.15) is 0 Å². The van der Waals surface area contributed by atoms with Gasteiger partial charge in [-0.2, -0.15) is 0 Å². The second kappa shape index (κ2) is 5.00. The van der Waals surface area contributed by atoms with Crippen LogP contribution in [0.15, 0.2) is 0 Å². The van der Waals surface area contributed by atoms with Gasteiger partial charge in [0.05, 0.1) is 11.9 Å². The van der Waals surface area contributed by atoms with E-state index in [1.165, 1.54) is 4.31 Å². The molecule has 5 nitrogen and oxygen atoms in total. The Bertz CT molecular complexity index is 325. The van der Waals surface area contributed by atoms with Crippen LogP contribution in [0.4, 0.5) is 0 Å². The van der Waals surface area contributed by atoms with Gasteiger partial charge in [-0.05, 0) is 25.7 Å². The second-order valence-corrected chi connectivity index (χ2v) is 6.69. The Morgan fingerprint density at radius 1 is 1.31 bits per heavy atom. The minimum absolute atomic E-state index is 0.00190. The van der Waals surface area contributed by atoms with E-state index in [1.54, 1.807) is 0 Å². The van der Waals surface area contributed by atoms with Crippen LogP contribution < -0.4 is 5.73 Å². The number of nitrogens with zero attached hydrogens (tertiary/aromatic N) is 1.